The van der Waals surface area contributed by atoms with Gasteiger partial charge in [0.05, 0.1) is 17.2 Å². The summed E-state index contributed by atoms with van der Waals surface area (Å²) in [4.78, 5) is 0. The van der Waals surface area contributed by atoms with E-state index in [2.05, 4.69) is 5.32 Å². The quantitative estimate of drug-likeness (QED) is 0.741. The standard InChI is InChI=1S/C7H11Cl2NO/c1-7(4-10-5-7)11-3-6(9)2-8/h2,10H,3-5H2,1H3/b6-2-. The van der Waals surface area contributed by atoms with Crippen LogP contribution in [0.1, 0.15) is 6.92 Å². The van der Waals surface area contributed by atoms with E-state index in [1.54, 1.807) is 0 Å². The summed E-state index contributed by atoms with van der Waals surface area (Å²) in [6.07, 6.45) is 0. The van der Waals surface area contributed by atoms with Gasteiger partial charge in [0, 0.05) is 18.6 Å². The fourth-order valence-corrected chi connectivity index (χ4v) is 0.971. The second-order valence-corrected chi connectivity index (χ2v) is 3.60. The van der Waals surface area contributed by atoms with Crippen LogP contribution in [0.15, 0.2) is 10.6 Å². The molecule has 0 unspecified atom stereocenters. The van der Waals surface area contributed by atoms with Crippen LogP contribution in [0.25, 0.3) is 0 Å². The number of halogens is 2. The molecule has 1 aliphatic rings. The van der Waals surface area contributed by atoms with Gasteiger partial charge in [-0.1, -0.05) is 23.2 Å². The van der Waals surface area contributed by atoms with Gasteiger partial charge in [-0.2, -0.15) is 0 Å². The smallest absolute Gasteiger partial charge is 0.0906 e. The second kappa shape index (κ2) is 3.76. The summed E-state index contributed by atoms with van der Waals surface area (Å²) in [5.74, 6) is 0. The molecule has 0 aromatic rings. The first-order valence-electron chi connectivity index (χ1n) is 3.46. The molecule has 1 heterocycles. The minimum absolute atomic E-state index is 0.0416. The van der Waals surface area contributed by atoms with E-state index in [4.69, 9.17) is 27.9 Å². The fourth-order valence-electron chi connectivity index (χ4n) is 0.854. The highest BCUT2D eigenvalue weighted by molar-refractivity contribution is 6.36. The van der Waals surface area contributed by atoms with Gasteiger partial charge in [0.2, 0.25) is 0 Å². The van der Waals surface area contributed by atoms with Crippen molar-refractivity contribution in [1.29, 1.82) is 0 Å². The molecule has 0 bridgehead atoms. The SMILES string of the molecule is CC1(OC/C(Cl)=C/Cl)CNC1. The summed E-state index contributed by atoms with van der Waals surface area (Å²) in [7, 11) is 0. The van der Waals surface area contributed by atoms with Gasteiger partial charge in [-0.15, -0.1) is 0 Å². The molecule has 1 aliphatic heterocycles. The van der Waals surface area contributed by atoms with Crippen LogP contribution in [0.5, 0.6) is 0 Å². The minimum Gasteiger partial charge on any atom is -0.367 e. The number of hydrogen-bond donors (Lipinski definition) is 1. The molecule has 4 heteroatoms. The van der Waals surface area contributed by atoms with Crippen molar-refractivity contribution in [2.24, 2.45) is 0 Å². The first-order chi connectivity index (χ1) is 5.16. The Labute approximate surface area is 76.5 Å². The largest absolute Gasteiger partial charge is 0.367 e. The predicted octanol–water partition coefficient (Wildman–Crippen LogP) is 1.68. The monoisotopic (exact) mass is 195 g/mol. The highest BCUT2D eigenvalue weighted by Crippen LogP contribution is 2.17. The molecule has 0 radical (unpaired) electrons. The van der Waals surface area contributed by atoms with Gasteiger partial charge in [0.1, 0.15) is 0 Å². The predicted molar refractivity (Wildman–Crippen MR) is 47.0 cm³/mol. The van der Waals surface area contributed by atoms with E-state index in [9.17, 15) is 0 Å². The van der Waals surface area contributed by atoms with E-state index < -0.39 is 0 Å². The lowest BCUT2D eigenvalue weighted by Gasteiger charge is -2.38. The molecule has 1 fully saturated rings. The van der Waals surface area contributed by atoms with E-state index in [0.29, 0.717) is 11.6 Å². The summed E-state index contributed by atoms with van der Waals surface area (Å²) >= 11 is 11.0. The second-order valence-electron chi connectivity index (χ2n) is 2.90. The van der Waals surface area contributed by atoms with Crippen LogP contribution in [-0.4, -0.2) is 25.3 Å². The number of rotatable bonds is 3. The lowest BCUT2D eigenvalue weighted by Crippen LogP contribution is -2.59. The maximum absolute atomic E-state index is 5.64. The number of ether oxygens (including phenoxy) is 1. The summed E-state index contributed by atoms with van der Waals surface area (Å²) in [6.45, 7) is 4.23. The highest BCUT2D eigenvalue weighted by atomic mass is 35.5. The molecule has 0 spiro atoms. The Morgan fingerprint density at radius 2 is 2.36 bits per heavy atom. The van der Waals surface area contributed by atoms with Crippen molar-refractivity contribution >= 4 is 23.2 Å². The molecule has 0 saturated carbocycles. The molecule has 0 amide bonds. The van der Waals surface area contributed by atoms with Gasteiger partial charge < -0.3 is 10.1 Å². The Hall–Kier alpha value is 0.240. The van der Waals surface area contributed by atoms with Crippen molar-refractivity contribution in [2.45, 2.75) is 12.5 Å². The Morgan fingerprint density at radius 3 is 2.73 bits per heavy atom. The highest BCUT2D eigenvalue weighted by Gasteiger charge is 2.32. The Balaban J connectivity index is 2.21. The van der Waals surface area contributed by atoms with Crippen LogP contribution < -0.4 is 5.32 Å². The van der Waals surface area contributed by atoms with Gasteiger partial charge in [-0.25, -0.2) is 0 Å². The number of nitrogens with one attached hydrogen (secondary N) is 1. The third-order valence-electron chi connectivity index (χ3n) is 1.67. The van der Waals surface area contributed by atoms with Crippen LogP contribution >= 0.6 is 23.2 Å². The first kappa shape index (κ1) is 9.33. The van der Waals surface area contributed by atoms with Crippen molar-refractivity contribution in [2.75, 3.05) is 19.7 Å². The molecule has 0 atom stereocenters. The molecule has 64 valence electrons. The normalized spacial score (nSPS) is 23.0. The van der Waals surface area contributed by atoms with Crippen LogP contribution in [0.3, 0.4) is 0 Å². The zero-order valence-corrected chi connectivity index (χ0v) is 7.87. The van der Waals surface area contributed by atoms with Crippen molar-refractivity contribution in [1.82, 2.24) is 5.32 Å². The van der Waals surface area contributed by atoms with Crippen molar-refractivity contribution < 1.29 is 4.74 Å². The van der Waals surface area contributed by atoms with Crippen LogP contribution in [-0.2, 0) is 4.74 Å². The summed E-state index contributed by atoms with van der Waals surface area (Å²) in [5.41, 5.74) is 1.29. The Bertz CT molecular complexity index is 166. The van der Waals surface area contributed by atoms with Gasteiger partial charge >= 0.3 is 0 Å². The molecule has 0 aromatic heterocycles. The van der Waals surface area contributed by atoms with Gasteiger partial charge in [-0.05, 0) is 6.92 Å². The van der Waals surface area contributed by atoms with E-state index in [0.717, 1.165) is 13.1 Å². The summed E-state index contributed by atoms with van der Waals surface area (Å²) in [5, 5.41) is 3.66. The van der Waals surface area contributed by atoms with Gasteiger partial charge in [0.15, 0.2) is 0 Å². The zero-order chi connectivity index (χ0) is 8.32. The Kier molecular flexibility index (Phi) is 3.19. The van der Waals surface area contributed by atoms with E-state index in [1.165, 1.54) is 5.54 Å². The molecule has 1 saturated heterocycles. The molecule has 0 aromatic carbocycles. The van der Waals surface area contributed by atoms with Crippen molar-refractivity contribution in [3.63, 3.8) is 0 Å². The zero-order valence-electron chi connectivity index (χ0n) is 6.36. The Morgan fingerprint density at radius 1 is 1.73 bits per heavy atom. The lowest BCUT2D eigenvalue weighted by molar-refractivity contribution is -0.0545. The number of hydrogen-bond acceptors (Lipinski definition) is 2. The molecule has 1 rings (SSSR count). The molecular formula is C7H11Cl2NO. The topological polar surface area (TPSA) is 21.3 Å². The van der Waals surface area contributed by atoms with E-state index in [1.807, 2.05) is 6.92 Å². The van der Waals surface area contributed by atoms with Crippen molar-refractivity contribution in [3.8, 4) is 0 Å². The average molecular weight is 196 g/mol. The first-order valence-corrected chi connectivity index (χ1v) is 4.27. The third kappa shape index (κ3) is 2.64. The molecular weight excluding hydrogens is 185 g/mol. The van der Waals surface area contributed by atoms with Crippen LogP contribution in [0.2, 0.25) is 0 Å². The van der Waals surface area contributed by atoms with Crippen LogP contribution in [0, 0.1) is 0 Å². The maximum atomic E-state index is 5.64. The van der Waals surface area contributed by atoms with Gasteiger partial charge in [0.25, 0.3) is 0 Å². The van der Waals surface area contributed by atoms with E-state index in [-0.39, 0.29) is 5.60 Å². The fraction of sp³-hybridized carbons (Fsp3) is 0.714. The van der Waals surface area contributed by atoms with E-state index >= 15 is 0 Å². The average Bonchev–Trinajstić information content (AvgIpc) is 1.96. The van der Waals surface area contributed by atoms with Crippen LogP contribution in [0.4, 0.5) is 0 Å². The molecule has 1 N–H and O–H groups in total. The summed E-state index contributed by atoms with van der Waals surface area (Å²) in [6, 6.07) is 0. The third-order valence-corrected chi connectivity index (χ3v) is 2.27. The molecule has 2 nitrogen and oxygen atoms in total. The molecule has 11 heavy (non-hydrogen) atoms. The van der Waals surface area contributed by atoms with Crippen molar-refractivity contribution in [3.05, 3.63) is 10.6 Å². The summed E-state index contributed by atoms with van der Waals surface area (Å²) < 4.78 is 5.47. The maximum Gasteiger partial charge on any atom is 0.0906 e. The minimum atomic E-state index is -0.0416. The van der Waals surface area contributed by atoms with Gasteiger partial charge in [-0.3, -0.25) is 0 Å². The molecule has 0 aliphatic carbocycles. The lowest BCUT2D eigenvalue weighted by atomic mass is 10.0.